The van der Waals surface area contributed by atoms with Gasteiger partial charge in [-0.05, 0) is 23.8 Å². The Morgan fingerprint density at radius 2 is 1.83 bits per heavy atom. The first-order chi connectivity index (χ1) is 16.8. The van der Waals surface area contributed by atoms with Gasteiger partial charge in [-0.3, -0.25) is 9.48 Å². The predicted octanol–water partition coefficient (Wildman–Crippen LogP) is 5.06. The molecule has 0 aliphatic carbocycles. The summed E-state index contributed by atoms with van der Waals surface area (Å²) in [7, 11) is 1.58. The van der Waals surface area contributed by atoms with Crippen LogP contribution in [-0.4, -0.2) is 42.2 Å². The number of aryl methyl sites for hydroxylation is 1. The quantitative estimate of drug-likeness (QED) is 0.354. The second kappa shape index (κ2) is 8.53. The molecular weight excluding hydrogens is 457 g/mol. The number of hydrogen-bond acceptors (Lipinski definition) is 4. The summed E-state index contributed by atoms with van der Waals surface area (Å²) in [5.41, 5.74) is 0.293. The van der Waals surface area contributed by atoms with Crippen LogP contribution in [0.3, 0.4) is 0 Å². The van der Waals surface area contributed by atoms with Gasteiger partial charge in [-0.15, -0.1) is 0 Å². The molecule has 0 fully saturated rings. The maximum absolute atomic E-state index is 14.0. The number of carbonyl (C=O) groups excluding carboxylic acids is 1. The lowest BCUT2D eigenvalue weighted by Crippen LogP contribution is -2.26. The molecule has 2 aromatic carbocycles. The van der Waals surface area contributed by atoms with Crippen molar-refractivity contribution in [3.05, 3.63) is 83.9 Å². The van der Waals surface area contributed by atoms with Crippen molar-refractivity contribution in [1.29, 1.82) is 0 Å². The molecule has 0 saturated carbocycles. The van der Waals surface area contributed by atoms with Crippen molar-refractivity contribution in [3.8, 4) is 11.3 Å². The molecule has 0 aliphatic rings. The van der Waals surface area contributed by atoms with Crippen molar-refractivity contribution < 1.29 is 18.0 Å². The van der Waals surface area contributed by atoms with E-state index in [1.54, 1.807) is 30.1 Å². The molecule has 3 heterocycles. The highest BCUT2D eigenvalue weighted by Crippen LogP contribution is 2.35. The van der Waals surface area contributed by atoms with Crippen LogP contribution >= 0.6 is 0 Å². The number of fused-ring (bicyclic) bond motifs is 2. The van der Waals surface area contributed by atoms with E-state index in [0.717, 1.165) is 28.6 Å². The zero-order valence-corrected chi connectivity index (χ0v) is 19.0. The summed E-state index contributed by atoms with van der Waals surface area (Å²) in [6, 6.07) is 13.7. The standard InChI is InChI=1S/C25H21F3N6O/c1-3-33-15-16(12-29-33)14-32(2)24(35)20-13-30-34-22(25(26,27)28)11-21(31-23(20)34)19-10-6-8-17-7-4-5-9-18(17)19/h4-13,15H,3,14H2,1-2H3. The van der Waals surface area contributed by atoms with E-state index >= 15 is 0 Å². The molecule has 0 spiro atoms. The van der Waals surface area contributed by atoms with Gasteiger partial charge in [0, 0.05) is 37.5 Å². The van der Waals surface area contributed by atoms with Crippen LogP contribution in [0.15, 0.2) is 67.1 Å². The molecule has 178 valence electrons. The Kier molecular flexibility index (Phi) is 5.50. The number of nitrogens with zero attached hydrogens (tertiary/aromatic N) is 6. The SMILES string of the molecule is CCn1cc(CN(C)C(=O)c2cnn3c(C(F)(F)F)cc(-c4cccc5ccccc45)nc23)cn1. The number of benzene rings is 2. The molecule has 0 saturated heterocycles. The van der Waals surface area contributed by atoms with Gasteiger partial charge < -0.3 is 4.90 Å². The first-order valence-corrected chi connectivity index (χ1v) is 11.0. The Morgan fingerprint density at radius 3 is 2.57 bits per heavy atom. The summed E-state index contributed by atoms with van der Waals surface area (Å²) in [4.78, 5) is 19.2. The van der Waals surface area contributed by atoms with Gasteiger partial charge in [0.25, 0.3) is 5.91 Å². The maximum Gasteiger partial charge on any atom is 0.433 e. The third-order valence-corrected chi connectivity index (χ3v) is 5.84. The van der Waals surface area contributed by atoms with Crippen LogP contribution in [0.2, 0.25) is 0 Å². The third-order valence-electron chi connectivity index (χ3n) is 5.84. The van der Waals surface area contributed by atoms with Crippen LogP contribution < -0.4 is 0 Å². The molecule has 10 heteroatoms. The van der Waals surface area contributed by atoms with Crippen LogP contribution in [0.5, 0.6) is 0 Å². The van der Waals surface area contributed by atoms with Crippen molar-refractivity contribution in [2.75, 3.05) is 7.05 Å². The number of alkyl halides is 3. The summed E-state index contributed by atoms with van der Waals surface area (Å²) in [5.74, 6) is -0.486. The second-order valence-corrected chi connectivity index (χ2v) is 8.21. The van der Waals surface area contributed by atoms with Crippen molar-refractivity contribution in [1.82, 2.24) is 29.3 Å². The first kappa shape index (κ1) is 22.6. The van der Waals surface area contributed by atoms with Gasteiger partial charge >= 0.3 is 6.18 Å². The number of carbonyl (C=O) groups is 1. The molecule has 5 rings (SSSR count). The van der Waals surface area contributed by atoms with Gasteiger partial charge in [-0.2, -0.15) is 23.4 Å². The topological polar surface area (TPSA) is 68.3 Å². The summed E-state index contributed by atoms with van der Waals surface area (Å²) in [6.07, 6.45) is -0.0905. The molecule has 0 bridgehead atoms. The molecule has 35 heavy (non-hydrogen) atoms. The van der Waals surface area contributed by atoms with E-state index < -0.39 is 17.8 Å². The van der Waals surface area contributed by atoms with E-state index in [1.165, 1.54) is 4.90 Å². The minimum absolute atomic E-state index is 0.0111. The van der Waals surface area contributed by atoms with Crippen LogP contribution in [0.25, 0.3) is 27.7 Å². The van der Waals surface area contributed by atoms with Gasteiger partial charge in [0.05, 0.1) is 18.1 Å². The zero-order chi connectivity index (χ0) is 24.7. The Hall–Kier alpha value is -4.21. The summed E-state index contributed by atoms with van der Waals surface area (Å²) in [6.45, 7) is 2.88. The van der Waals surface area contributed by atoms with Crippen molar-refractivity contribution in [3.63, 3.8) is 0 Å². The van der Waals surface area contributed by atoms with E-state index in [0.29, 0.717) is 16.6 Å². The molecule has 0 atom stereocenters. The van der Waals surface area contributed by atoms with Crippen molar-refractivity contribution in [2.24, 2.45) is 0 Å². The Labute approximate surface area is 198 Å². The molecule has 0 N–H and O–H groups in total. The number of halogens is 3. The monoisotopic (exact) mass is 478 g/mol. The fraction of sp³-hybridized carbons (Fsp3) is 0.200. The first-order valence-electron chi connectivity index (χ1n) is 11.0. The minimum Gasteiger partial charge on any atom is -0.337 e. The molecule has 0 aliphatic heterocycles. The van der Waals surface area contributed by atoms with Crippen molar-refractivity contribution >= 4 is 22.3 Å². The fourth-order valence-electron chi connectivity index (χ4n) is 4.11. The van der Waals surface area contributed by atoms with E-state index in [-0.39, 0.29) is 23.4 Å². The zero-order valence-electron chi connectivity index (χ0n) is 19.0. The summed E-state index contributed by atoms with van der Waals surface area (Å²) >= 11 is 0. The van der Waals surface area contributed by atoms with Crippen LogP contribution in [-0.2, 0) is 19.3 Å². The second-order valence-electron chi connectivity index (χ2n) is 8.21. The summed E-state index contributed by atoms with van der Waals surface area (Å²) in [5, 5.41) is 9.71. The van der Waals surface area contributed by atoms with Gasteiger partial charge in [0.15, 0.2) is 11.3 Å². The third kappa shape index (κ3) is 4.11. The van der Waals surface area contributed by atoms with Gasteiger partial charge in [0.1, 0.15) is 5.56 Å². The number of amides is 1. The van der Waals surface area contributed by atoms with Crippen LogP contribution in [0, 0.1) is 0 Å². The van der Waals surface area contributed by atoms with E-state index in [1.807, 2.05) is 43.5 Å². The highest BCUT2D eigenvalue weighted by molar-refractivity contribution is 6.00. The van der Waals surface area contributed by atoms with E-state index in [4.69, 9.17) is 0 Å². The summed E-state index contributed by atoms with van der Waals surface area (Å²) < 4.78 is 44.5. The normalized spacial score (nSPS) is 11.9. The van der Waals surface area contributed by atoms with Gasteiger partial charge in [-0.25, -0.2) is 9.50 Å². The average Bonchev–Trinajstić information content (AvgIpc) is 3.48. The minimum atomic E-state index is -4.70. The fourth-order valence-corrected chi connectivity index (χ4v) is 4.11. The van der Waals surface area contributed by atoms with Gasteiger partial charge in [0.2, 0.25) is 0 Å². The Bertz CT molecular complexity index is 1550. The average molecular weight is 478 g/mol. The lowest BCUT2D eigenvalue weighted by Gasteiger charge is -2.16. The Balaban J connectivity index is 1.63. The van der Waals surface area contributed by atoms with E-state index in [2.05, 4.69) is 15.2 Å². The molecular formula is C25H21F3N6O. The Morgan fingerprint density at radius 1 is 1.06 bits per heavy atom. The highest BCUT2D eigenvalue weighted by Gasteiger charge is 2.36. The highest BCUT2D eigenvalue weighted by atomic mass is 19.4. The maximum atomic E-state index is 14.0. The molecule has 0 radical (unpaired) electrons. The van der Waals surface area contributed by atoms with Crippen molar-refractivity contribution in [2.45, 2.75) is 26.2 Å². The largest absolute Gasteiger partial charge is 0.433 e. The van der Waals surface area contributed by atoms with E-state index in [9.17, 15) is 18.0 Å². The molecule has 3 aromatic heterocycles. The van der Waals surface area contributed by atoms with Crippen LogP contribution in [0.1, 0.15) is 28.5 Å². The molecule has 5 aromatic rings. The molecule has 1 amide bonds. The predicted molar refractivity (Wildman–Crippen MR) is 125 cm³/mol. The van der Waals surface area contributed by atoms with Crippen LogP contribution in [0.4, 0.5) is 13.2 Å². The number of rotatable bonds is 5. The molecule has 7 nitrogen and oxygen atoms in total. The number of hydrogen-bond donors (Lipinski definition) is 0. The smallest absolute Gasteiger partial charge is 0.337 e. The lowest BCUT2D eigenvalue weighted by atomic mass is 10.0. The number of aromatic nitrogens is 5. The van der Waals surface area contributed by atoms with Gasteiger partial charge in [-0.1, -0.05) is 42.5 Å². The lowest BCUT2D eigenvalue weighted by molar-refractivity contribution is -0.142. The molecule has 0 unspecified atom stereocenters.